The number of aliphatic imine (C=N–C) groups is 1. The number of thioether (sulfide) groups is 1. The van der Waals surface area contributed by atoms with Crippen molar-refractivity contribution in [2.45, 2.75) is 57.4 Å². The van der Waals surface area contributed by atoms with Crippen LogP contribution in [-0.4, -0.2) is 34.5 Å². The van der Waals surface area contributed by atoms with Crippen LogP contribution >= 0.6 is 11.8 Å². The Morgan fingerprint density at radius 2 is 2.24 bits per heavy atom. The highest BCUT2D eigenvalue weighted by molar-refractivity contribution is 7.99. The molecule has 0 amide bonds. The number of nitrogens with zero attached hydrogens (tertiary/aromatic N) is 2. The number of nitro benzene ring substituents is 1. The average Bonchev–Trinajstić information content (AvgIpc) is 2.61. The van der Waals surface area contributed by atoms with Crippen LogP contribution in [0.2, 0.25) is 0 Å². The summed E-state index contributed by atoms with van der Waals surface area (Å²) in [6.07, 6.45) is 4.89. The van der Waals surface area contributed by atoms with E-state index in [1.54, 1.807) is 12.1 Å². The summed E-state index contributed by atoms with van der Waals surface area (Å²) in [5.41, 5.74) is 0.951. The van der Waals surface area contributed by atoms with E-state index in [1.807, 2.05) is 24.8 Å². The van der Waals surface area contributed by atoms with Crippen LogP contribution in [0.1, 0.15) is 45.1 Å². The van der Waals surface area contributed by atoms with E-state index in [4.69, 9.17) is 0 Å². The molecule has 6 nitrogen and oxygen atoms in total. The molecule has 1 aliphatic carbocycles. The van der Waals surface area contributed by atoms with E-state index >= 15 is 0 Å². The van der Waals surface area contributed by atoms with Crippen molar-refractivity contribution in [1.29, 1.82) is 0 Å². The molecule has 2 N–H and O–H groups in total. The van der Waals surface area contributed by atoms with Crippen LogP contribution in [0.4, 0.5) is 5.69 Å². The van der Waals surface area contributed by atoms with E-state index in [0.29, 0.717) is 12.6 Å². The van der Waals surface area contributed by atoms with Crippen molar-refractivity contribution in [2.75, 3.05) is 12.3 Å². The van der Waals surface area contributed by atoms with Gasteiger partial charge in [0.25, 0.3) is 5.69 Å². The molecule has 25 heavy (non-hydrogen) atoms. The Bertz CT molecular complexity index is 592. The Balaban J connectivity index is 1.98. The lowest BCUT2D eigenvalue weighted by atomic mass is 9.95. The van der Waals surface area contributed by atoms with Gasteiger partial charge < -0.3 is 10.6 Å². The summed E-state index contributed by atoms with van der Waals surface area (Å²) >= 11 is 2.05. The summed E-state index contributed by atoms with van der Waals surface area (Å²) in [5.74, 6) is 1.96. The Kier molecular flexibility index (Phi) is 8.04. The molecule has 2 unspecified atom stereocenters. The van der Waals surface area contributed by atoms with E-state index in [1.165, 1.54) is 37.5 Å². The van der Waals surface area contributed by atoms with Crippen molar-refractivity contribution in [1.82, 2.24) is 10.6 Å². The van der Waals surface area contributed by atoms with Crippen LogP contribution in [0.3, 0.4) is 0 Å². The molecule has 1 fully saturated rings. The Labute approximate surface area is 154 Å². The molecule has 2 rings (SSSR count). The maximum absolute atomic E-state index is 10.9. The number of rotatable bonds is 7. The van der Waals surface area contributed by atoms with Gasteiger partial charge in [0.2, 0.25) is 0 Å². The number of benzene rings is 1. The molecule has 7 heteroatoms. The summed E-state index contributed by atoms with van der Waals surface area (Å²) in [5, 5.41) is 18.4. The zero-order valence-corrected chi connectivity index (χ0v) is 15.8. The van der Waals surface area contributed by atoms with E-state index in [-0.39, 0.29) is 10.6 Å². The molecule has 1 aromatic rings. The lowest BCUT2D eigenvalue weighted by molar-refractivity contribution is -0.384. The van der Waals surface area contributed by atoms with Gasteiger partial charge in [-0.3, -0.25) is 10.1 Å². The summed E-state index contributed by atoms with van der Waals surface area (Å²) in [6, 6.07) is 7.11. The summed E-state index contributed by atoms with van der Waals surface area (Å²) < 4.78 is 0. The molecule has 1 saturated carbocycles. The Hall–Kier alpha value is -1.76. The quantitative estimate of drug-likeness (QED) is 0.334. The minimum Gasteiger partial charge on any atom is -0.357 e. The largest absolute Gasteiger partial charge is 0.357 e. The van der Waals surface area contributed by atoms with Gasteiger partial charge >= 0.3 is 0 Å². The Morgan fingerprint density at radius 1 is 1.40 bits per heavy atom. The van der Waals surface area contributed by atoms with Crippen LogP contribution in [0.5, 0.6) is 0 Å². The highest BCUT2D eigenvalue weighted by Gasteiger charge is 2.22. The third kappa shape index (κ3) is 6.57. The van der Waals surface area contributed by atoms with Crippen molar-refractivity contribution >= 4 is 23.4 Å². The number of non-ortho nitro benzene ring substituents is 1. The van der Waals surface area contributed by atoms with Crippen molar-refractivity contribution in [3.8, 4) is 0 Å². The standard InChI is InChI=1S/C18H28N4O2S/c1-3-19-18(21-15-8-6-10-17(12-15)25-4-2)20-13-14-7-5-9-16(11-14)22(23)24/h5,7,9,11,15,17H,3-4,6,8,10,12-13H2,1-2H3,(H2,19,20,21). The maximum Gasteiger partial charge on any atom is 0.269 e. The summed E-state index contributed by atoms with van der Waals surface area (Å²) in [7, 11) is 0. The zero-order chi connectivity index (χ0) is 18.1. The van der Waals surface area contributed by atoms with Crippen LogP contribution in [0.15, 0.2) is 29.3 Å². The van der Waals surface area contributed by atoms with Gasteiger partial charge in [0.05, 0.1) is 11.5 Å². The monoisotopic (exact) mass is 364 g/mol. The molecule has 0 aliphatic heterocycles. The molecule has 0 aromatic heterocycles. The molecule has 0 spiro atoms. The van der Waals surface area contributed by atoms with Gasteiger partial charge in [-0.1, -0.05) is 25.5 Å². The fraction of sp³-hybridized carbons (Fsp3) is 0.611. The van der Waals surface area contributed by atoms with E-state index in [0.717, 1.165) is 23.3 Å². The number of nitrogens with one attached hydrogen (secondary N) is 2. The van der Waals surface area contributed by atoms with Crippen LogP contribution in [-0.2, 0) is 6.54 Å². The Morgan fingerprint density at radius 3 is 2.96 bits per heavy atom. The van der Waals surface area contributed by atoms with Gasteiger partial charge in [-0.05, 0) is 37.5 Å². The molecular weight excluding hydrogens is 336 g/mol. The number of hydrogen-bond acceptors (Lipinski definition) is 4. The van der Waals surface area contributed by atoms with Crippen LogP contribution in [0.25, 0.3) is 0 Å². The normalized spacial score (nSPS) is 21.0. The second-order valence-electron chi connectivity index (χ2n) is 6.21. The number of guanidine groups is 1. The van der Waals surface area contributed by atoms with E-state index < -0.39 is 0 Å². The second kappa shape index (κ2) is 10.3. The first-order valence-corrected chi connectivity index (χ1v) is 10.1. The van der Waals surface area contributed by atoms with Gasteiger partial charge in [-0.25, -0.2) is 4.99 Å². The summed E-state index contributed by atoms with van der Waals surface area (Å²) in [6.45, 7) is 5.48. The third-order valence-electron chi connectivity index (χ3n) is 4.25. The zero-order valence-electron chi connectivity index (χ0n) is 15.0. The van der Waals surface area contributed by atoms with E-state index in [9.17, 15) is 10.1 Å². The van der Waals surface area contributed by atoms with Crippen molar-refractivity contribution in [2.24, 2.45) is 4.99 Å². The van der Waals surface area contributed by atoms with Gasteiger partial charge in [0, 0.05) is 30.0 Å². The molecule has 0 saturated heterocycles. The molecular formula is C18H28N4O2S. The molecule has 1 aliphatic rings. The fourth-order valence-electron chi connectivity index (χ4n) is 3.12. The van der Waals surface area contributed by atoms with Crippen molar-refractivity contribution in [3.63, 3.8) is 0 Å². The molecule has 0 bridgehead atoms. The summed E-state index contributed by atoms with van der Waals surface area (Å²) in [4.78, 5) is 15.1. The first-order chi connectivity index (χ1) is 12.1. The SMILES string of the molecule is CCNC(=NCc1cccc([N+](=O)[O-])c1)NC1CCCC(SCC)C1. The molecule has 138 valence electrons. The second-order valence-corrected chi connectivity index (χ2v) is 7.78. The third-order valence-corrected chi connectivity index (χ3v) is 5.49. The van der Waals surface area contributed by atoms with Gasteiger partial charge in [0.15, 0.2) is 5.96 Å². The van der Waals surface area contributed by atoms with Gasteiger partial charge in [0.1, 0.15) is 0 Å². The predicted molar refractivity (Wildman–Crippen MR) is 105 cm³/mol. The van der Waals surface area contributed by atoms with Gasteiger partial charge in [-0.2, -0.15) is 11.8 Å². The van der Waals surface area contributed by atoms with Crippen molar-refractivity contribution < 1.29 is 4.92 Å². The molecule has 2 atom stereocenters. The fourth-order valence-corrected chi connectivity index (χ4v) is 4.29. The first-order valence-electron chi connectivity index (χ1n) is 9.02. The minimum absolute atomic E-state index is 0.109. The minimum atomic E-state index is -0.371. The molecule has 0 heterocycles. The number of hydrogen-bond donors (Lipinski definition) is 2. The lowest BCUT2D eigenvalue weighted by Crippen LogP contribution is -2.45. The van der Waals surface area contributed by atoms with Crippen molar-refractivity contribution in [3.05, 3.63) is 39.9 Å². The highest BCUT2D eigenvalue weighted by Crippen LogP contribution is 2.28. The first kappa shape index (κ1) is 19.6. The lowest BCUT2D eigenvalue weighted by Gasteiger charge is -2.30. The number of nitro groups is 1. The maximum atomic E-state index is 10.9. The smallest absolute Gasteiger partial charge is 0.269 e. The molecule has 1 aromatic carbocycles. The van der Waals surface area contributed by atoms with Crippen LogP contribution in [0, 0.1) is 10.1 Å². The van der Waals surface area contributed by atoms with E-state index in [2.05, 4.69) is 22.5 Å². The predicted octanol–water partition coefficient (Wildman–Crippen LogP) is 3.71. The average molecular weight is 365 g/mol. The topological polar surface area (TPSA) is 79.6 Å². The van der Waals surface area contributed by atoms with Crippen LogP contribution < -0.4 is 10.6 Å². The molecule has 0 radical (unpaired) electrons. The van der Waals surface area contributed by atoms with Gasteiger partial charge in [-0.15, -0.1) is 0 Å². The highest BCUT2D eigenvalue weighted by atomic mass is 32.2.